The number of aryl methyl sites for hydroxylation is 1. The Morgan fingerprint density at radius 1 is 1.64 bits per heavy atom. The summed E-state index contributed by atoms with van der Waals surface area (Å²) >= 11 is 3.50. The topological polar surface area (TPSA) is 43.8 Å². The molecule has 0 saturated carbocycles. The average molecular weight is 258 g/mol. The van der Waals surface area contributed by atoms with Crippen LogP contribution < -0.4 is 5.73 Å². The fourth-order valence-electron chi connectivity index (χ4n) is 2.23. The Labute approximate surface area is 92.8 Å². The maximum atomic E-state index is 5.59. The molecule has 1 aromatic heterocycles. The standard InChI is InChI=1S/C10H16BrN3/c1-7-9-3-2-8(4-5-12)6-14(9)10(11)13-7/h8H,2-6,12H2,1H3. The van der Waals surface area contributed by atoms with Crippen LogP contribution in [0.3, 0.4) is 0 Å². The number of fused-ring (bicyclic) bond motifs is 1. The van der Waals surface area contributed by atoms with E-state index in [-0.39, 0.29) is 0 Å². The molecule has 0 aliphatic carbocycles. The van der Waals surface area contributed by atoms with Gasteiger partial charge in [-0.3, -0.25) is 0 Å². The van der Waals surface area contributed by atoms with Crippen LogP contribution in [0.5, 0.6) is 0 Å². The van der Waals surface area contributed by atoms with Crippen molar-refractivity contribution >= 4 is 15.9 Å². The highest BCUT2D eigenvalue weighted by molar-refractivity contribution is 9.10. The zero-order valence-corrected chi connectivity index (χ0v) is 10.0. The van der Waals surface area contributed by atoms with Gasteiger partial charge in [0.25, 0.3) is 0 Å². The Morgan fingerprint density at radius 3 is 3.14 bits per heavy atom. The Morgan fingerprint density at radius 2 is 2.43 bits per heavy atom. The van der Waals surface area contributed by atoms with Gasteiger partial charge in [0.1, 0.15) is 0 Å². The largest absolute Gasteiger partial charge is 0.330 e. The van der Waals surface area contributed by atoms with Gasteiger partial charge in [-0.1, -0.05) is 0 Å². The fraction of sp³-hybridized carbons (Fsp3) is 0.700. The van der Waals surface area contributed by atoms with E-state index in [4.69, 9.17) is 5.73 Å². The first-order chi connectivity index (χ1) is 6.72. The van der Waals surface area contributed by atoms with Crippen molar-refractivity contribution in [3.8, 4) is 0 Å². The Balaban J connectivity index is 2.21. The van der Waals surface area contributed by atoms with E-state index >= 15 is 0 Å². The quantitative estimate of drug-likeness (QED) is 0.880. The third-order valence-electron chi connectivity index (χ3n) is 3.03. The van der Waals surface area contributed by atoms with Crippen molar-refractivity contribution in [1.29, 1.82) is 0 Å². The zero-order chi connectivity index (χ0) is 10.1. The highest BCUT2D eigenvalue weighted by Gasteiger charge is 2.22. The monoisotopic (exact) mass is 257 g/mol. The third kappa shape index (κ3) is 1.73. The lowest BCUT2D eigenvalue weighted by Gasteiger charge is -2.24. The van der Waals surface area contributed by atoms with Gasteiger partial charge in [0, 0.05) is 12.2 Å². The van der Waals surface area contributed by atoms with Crippen molar-refractivity contribution in [2.75, 3.05) is 6.54 Å². The molecular weight excluding hydrogens is 242 g/mol. The summed E-state index contributed by atoms with van der Waals surface area (Å²) < 4.78 is 3.27. The summed E-state index contributed by atoms with van der Waals surface area (Å²) in [6.07, 6.45) is 3.54. The summed E-state index contributed by atoms with van der Waals surface area (Å²) in [4.78, 5) is 4.44. The molecule has 2 heterocycles. The van der Waals surface area contributed by atoms with Gasteiger partial charge >= 0.3 is 0 Å². The summed E-state index contributed by atoms with van der Waals surface area (Å²) in [5, 5.41) is 0. The van der Waals surface area contributed by atoms with E-state index in [2.05, 4.69) is 32.4 Å². The Bertz CT molecular complexity index is 332. The van der Waals surface area contributed by atoms with Crippen LogP contribution in [0.4, 0.5) is 0 Å². The van der Waals surface area contributed by atoms with Crippen LogP contribution in [0.15, 0.2) is 4.73 Å². The first-order valence-corrected chi connectivity index (χ1v) is 5.93. The number of halogens is 1. The second-order valence-corrected chi connectivity index (χ2v) is 4.71. The lowest BCUT2D eigenvalue weighted by molar-refractivity contribution is 0.349. The maximum absolute atomic E-state index is 5.59. The molecule has 4 heteroatoms. The SMILES string of the molecule is Cc1nc(Br)n2c1CCC(CCN)C2. The summed E-state index contributed by atoms with van der Waals surface area (Å²) in [7, 11) is 0. The molecule has 2 rings (SSSR count). The van der Waals surface area contributed by atoms with Crippen molar-refractivity contribution < 1.29 is 0 Å². The Hall–Kier alpha value is -0.350. The lowest BCUT2D eigenvalue weighted by atomic mass is 9.94. The number of aromatic nitrogens is 2. The van der Waals surface area contributed by atoms with Gasteiger partial charge in [0.15, 0.2) is 4.73 Å². The van der Waals surface area contributed by atoms with Gasteiger partial charge in [0.05, 0.1) is 5.69 Å². The summed E-state index contributed by atoms with van der Waals surface area (Å²) in [5.74, 6) is 0.734. The first kappa shape index (κ1) is 10.2. The van der Waals surface area contributed by atoms with Crippen LogP contribution in [0.1, 0.15) is 24.2 Å². The molecule has 0 radical (unpaired) electrons. The minimum atomic E-state index is 0.734. The third-order valence-corrected chi connectivity index (χ3v) is 3.64. The van der Waals surface area contributed by atoms with E-state index in [9.17, 15) is 0 Å². The van der Waals surface area contributed by atoms with Gasteiger partial charge in [-0.2, -0.15) is 0 Å². The Kier molecular flexibility index (Phi) is 2.93. The first-order valence-electron chi connectivity index (χ1n) is 5.14. The van der Waals surface area contributed by atoms with E-state index in [0.717, 1.165) is 36.6 Å². The van der Waals surface area contributed by atoms with E-state index in [1.54, 1.807) is 0 Å². The molecule has 1 unspecified atom stereocenters. The molecule has 0 aromatic carbocycles. The fourth-order valence-corrected chi connectivity index (χ4v) is 2.86. The summed E-state index contributed by atoms with van der Waals surface area (Å²) in [6.45, 7) is 3.96. The van der Waals surface area contributed by atoms with Gasteiger partial charge in [-0.05, 0) is 54.6 Å². The molecule has 1 aliphatic rings. The highest BCUT2D eigenvalue weighted by Crippen LogP contribution is 2.27. The van der Waals surface area contributed by atoms with E-state index in [1.165, 1.54) is 17.8 Å². The predicted molar refractivity (Wildman–Crippen MR) is 60.1 cm³/mol. The van der Waals surface area contributed by atoms with Crippen molar-refractivity contribution in [3.05, 3.63) is 16.1 Å². The predicted octanol–water partition coefficient (Wildman–Crippen LogP) is 1.87. The molecule has 0 spiro atoms. The minimum Gasteiger partial charge on any atom is -0.330 e. The molecule has 1 aromatic rings. The second kappa shape index (κ2) is 4.03. The van der Waals surface area contributed by atoms with Crippen molar-refractivity contribution in [1.82, 2.24) is 9.55 Å². The molecular formula is C10H16BrN3. The maximum Gasteiger partial charge on any atom is 0.177 e. The molecule has 1 aliphatic heterocycles. The summed E-state index contributed by atoms with van der Waals surface area (Å²) in [6, 6.07) is 0. The molecule has 0 saturated heterocycles. The van der Waals surface area contributed by atoms with Crippen molar-refractivity contribution in [2.45, 2.75) is 32.7 Å². The van der Waals surface area contributed by atoms with E-state index in [0.29, 0.717) is 0 Å². The van der Waals surface area contributed by atoms with Crippen molar-refractivity contribution in [3.63, 3.8) is 0 Å². The molecule has 0 bridgehead atoms. The molecule has 0 fully saturated rings. The van der Waals surface area contributed by atoms with Crippen LogP contribution in [-0.4, -0.2) is 16.1 Å². The van der Waals surface area contributed by atoms with Crippen LogP contribution in [0.25, 0.3) is 0 Å². The van der Waals surface area contributed by atoms with Crippen molar-refractivity contribution in [2.24, 2.45) is 11.7 Å². The lowest BCUT2D eigenvalue weighted by Crippen LogP contribution is -2.22. The smallest absolute Gasteiger partial charge is 0.177 e. The zero-order valence-electron chi connectivity index (χ0n) is 8.46. The summed E-state index contributed by atoms with van der Waals surface area (Å²) in [5.41, 5.74) is 8.15. The molecule has 1 atom stereocenters. The molecule has 3 nitrogen and oxygen atoms in total. The van der Waals surface area contributed by atoms with E-state index in [1.807, 2.05) is 0 Å². The number of nitrogens with zero attached hydrogens (tertiary/aromatic N) is 2. The number of rotatable bonds is 2. The molecule has 2 N–H and O–H groups in total. The number of imidazole rings is 1. The van der Waals surface area contributed by atoms with Gasteiger partial charge in [0.2, 0.25) is 0 Å². The van der Waals surface area contributed by atoms with Crippen LogP contribution in [0, 0.1) is 12.8 Å². The van der Waals surface area contributed by atoms with Crippen LogP contribution >= 0.6 is 15.9 Å². The van der Waals surface area contributed by atoms with Crippen LogP contribution in [0.2, 0.25) is 0 Å². The van der Waals surface area contributed by atoms with Gasteiger partial charge in [-0.25, -0.2) is 4.98 Å². The number of nitrogens with two attached hydrogens (primary N) is 1. The van der Waals surface area contributed by atoms with Gasteiger partial charge in [-0.15, -0.1) is 0 Å². The minimum absolute atomic E-state index is 0.734. The second-order valence-electron chi connectivity index (χ2n) is 4.01. The number of hydrogen-bond donors (Lipinski definition) is 1. The average Bonchev–Trinajstić information content (AvgIpc) is 2.43. The highest BCUT2D eigenvalue weighted by atomic mass is 79.9. The number of hydrogen-bond acceptors (Lipinski definition) is 2. The van der Waals surface area contributed by atoms with E-state index < -0.39 is 0 Å². The molecule has 14 heavy (non-hydrogen) atoms. The van der Waals surface area contributed by atoms with Crippen LogP contribution in [-0.2, 0) is 13.0 Å². The molecule has 78 valence electrons. The molecule has 0 amide bonds. The van der Waals surface area contributed by atoms with Gasteiger partial charge < -0.3 is 10.3 Å². The normalized spacial score (nSPS) is 20.9.